The molecule has 40 heavy (non-hydrogen) atoms. The van der Waals surface area contributed by atoms with Crippen molar-refractivity contribution in [3.05, 3.63) is 25.7 Å². The van der Waals surface area contributed by atoms with Gasteiger partial charge in [0.25, 0.3) is 0 Å². The zero-order valence-electron chi connectivity index (χ0n) is 26.8. The van der Waals surface area contributed by atoms with Gasteiger partial charge in [0.1, 0.15) is 6.10 Å². The molecule has 0 amide bonds. The molecule has 0 aromatic carbocycles. The van der Waals surface area contributed by atoms with Gasteiger partial charge in [-0.1, -0.05) is 33.9 Å². The smallest absolute Gasteiger partial charge is 0.104 e. The van der Waals surface area contributed by atoms with Gasteiger partial charge in [-0.15, -0.1) is 0 Å². The number of carboxylic acid groups (broad SMARTS) is 1. The highest BCUT2D eigenvalue weighted by Gasteiger charge is 2.64. The van der Waals surface area contributed by atoms with E-state index < -0.39 is 12.1 Å². The van der Waals surface area contributed by atoms with E-state index in [9.17, 15) is 9.90 Å². The number of hydrogen-bond donors (Lipinski definition) is 0. The maximum Gasteiger partial charge on any atom is 0.104 e. The summed E-state index contributed by atoms with van der Waals surface area (Å²) >= 11 is 0. The number of rotatable bonds is 10. The predicted octanol–water partition coefficient (Wildman–Crippen LogP) is 5.82. The molecule has 0 aliphatic heterocycles. The predicted molar refractivity (Wildman–Crippen MR) is 159 cm³/mol. The second-order valence-electron chi connectivity index (χ2n) is 15.1. The number of quaternary nitrogens is 1. The molecule has 4 aliphatic carbocycles. The second kappa shape index (κ2) is 13.2. The molecule has 0 bridgehead atoms. The third-order valence-electron chi connectivity index (χ3n) is 11.2. The van der Waals surface area contributed by atoms with Gasteiger partial charge in [-0.3, -0.25) is 0 Å². The van der Waals surface area contributed by atoms with Crippen LogP contribution in [0.4, 0.5) is 0 Å². The van der Waals surface area contributed by atoms with Crippen LogP contribution in [0, 0.1) is 46.3 Å². The minimum absolute atomic E-state index is 0.0177. The van der Waals surface area contributed by atoms with Crippen molar-refractivity contribution in [1.29, 1.82) is 0 Å². The Kier molecular flexibility index (Phi) is 10.9. The molecule has 0 spiro atoms. The fourth-order valence-corrected chi connectivity index (χ4v) is 9.63. The van der Waals surface area contributed by atoms with Crippen molar-refractivity contribution in [1.82, 2.24) is 0 Å². The molecule has 0 aromatic rings. The highest BCUT2D eigenvalue weighted by Crippen LogP contribution is 2.69. The minimum Gasteiger partial charge on any atom is -0.547 e. The largest absolute Gasteiger partial charge is 0.547 e. The van der Waals surface area contributed by atoms with Gasteiger partial charge in [-0.05, 0) is 106 Å². The molecule has 4 aliphatic rings. The third kappa shape index (κ3) is 6.91. The first-order valence-corrected chi connectivity index (χ1v) is 15.8. The van der Waals surface area contributed by atoms with Crippen LogP contribution in [-0.2, 0) is 19.0 Å². The van der Waals surface area contributed by atoms with Crippen molar-refractivity contribution in [2.24, 2.45) is 46.3 Å². The quantitative estimate of drug-likeness (QED) is 0.249. The number of aliphatic carboxylic acids is 1. The van der Waals surface area contributed by atoms with Gasteiger partial charge in [0.2, 0.25) is 0 Å². The molecule has 4 rings (SSSR count). The summed E-state index contributed by atoms with van der Waals surface area (Å²) in [6.45, 7) is 17.2. The van der Waals surface area contributed by atoms with Crippen LogP contribution in [0.1, 0.15) is 85.5 Å². The lowest BCUT2D eigenvalue weighted by atomic mass is 9.43. The molecule has 0 aromatic heterocycles. The van der Waals surface area contributed by atoms with Crippen molar-refractivity contribution in [2.45, 2.75) is 104 Å². The molecule has 6 nitrogen and oxygen atoms in total. The van der Waals surface area contributed by atoms with E-state index in [1.165, 1.54) is 25.7 Å². The van der Waals surface area contributed by atoms with Gasteiger partial charge < -0.3 is 28.6 Å². The van der Waals surface area contributed by atoms with E-state index in [0.717, 1.165) is 30.2 Å². The lowest BCUT2D eigenvalue weighted by Crippen LogP contribution is -2.59. The number of nitrogens with zero attached hydrogens (tertiary/aromatic N) is 1. The zero-order chi connectivity index (χ0) is 29.9. The van der Waals surface area contributed by atoms with Crippen LogP contribution >= 0.6 is 0 Å². The molecule has 11 atom stereocenters. The average molecular weight is 562 g/mol. The summed E-state index contributed by atoms with van der Waals surface area (Å²) in [7, 11) is 8.50. The maximum atomic E-state index is 11.7. The third-order valence-corrected chi connectivity index (χ3v) is 11.2. The molecule has 230 valence electrons. The summed E-state index contributed by atoms with van der Waals surface area (Å²) in [5.41, 5.74) is 0.344. The maximum absolute atomic E-state index is 11.7. The lowest BCUT2D eigenvalue weighted by molar-refractivity contribution is -0.849. The number of carbonyl (C=O) groups is 1. The monoisotopic (exact) mass is 561 g/mol. The molecular formula is C34H59NO5. The molecule has 6 heteroatoms. The van der Waals surface area contributed by atoms with Crippen LogP contribution in [-0.4, -0.2) is 63.6 Å². The van der Waals surface area contributed by atoms with Crippen molar-refractivity contribution in [2.75, 3.05) is 34.8 Å². The van der Waals surface area contributed by atoms with Crippen LogP contribution in [0.5, 0.6) is 0 Å². The Hall–Kier alpha value is -1.53. The Balaban J connectivity index is 0.000000810. The van der Waals surface area contributed by atoms with E-state index in [1.807, 2.05) is 6.92 Å². The Morgan fingerprint density at radius 1 is 1.00 bits per heavy atom. The van der Waals surface area contributed by atoms with Crippen molar-refractivity contribution in [3.63, 3.8) is 0 Å². The second-order valence-corrected chi connectivity index (χ2v) is 15.1. The van der Waals surface area contributed by atoms with Gasteiger partial charge in [0.15, 0.2) is 0 Å². The van der Waals surface area contributed by atoms with Crippen LogP contribution in [0.25, 0.3) is 0 Å². The first kappa shape index (κ1) is 33.0. The molecule has 4 saturated carbocycles. The van der Waals surface area contributed by atoms with Gasteiger partial charge in [0.05, 0.1) is 58.9 Å². The SMILES string of the molecule is C=CO[C@@H]1CC[C@@]2(C)[C@H](CC[C@@H]3[C@@H]2C[C@H](OC=C)[C@]2(C)[C@@H]([C@H](C)CC(OCC)C(=O)[O-])CC[C@@H]32)C1.C[N+](C)(C)C. The van der Waals surface area contributed by atoms with Gasteiger partial charge >= 0.3 is 0 Å². The first-order valence-electron chi connectivity index (χ1n) is 15.8. The van der Waals surface area contributed by atoms with E-state index in [-0.39, 0.29) is 17.4 Å². The van der Waals surface area contributed by atoms with Crippen LogP contribution in [0.3, 0.4) is 0 Å². The van der Waals surface area contributed by atoms with E-state index in [2.05, 4.69) is 62.1 Å². The molecule has 4 fully saturated rings. The van der Waals surface area contributed by atoms with E-state index in [0.29, 0.717) is 54.1 Å². The topological polar surface area (TPSA) is 67.8 Å². The summed E-state index contributed by atoms with van der Waals surface area (Å²) in [6, 6.07) is 0. The lowest BCUT2D eigenvalue weighted by Gasteiger charge is -2.63. The van der Waals surface area contributed by atoms with Crippen molar-refractivity contribution >= 4 is 5.97 Å². The average Bonchev–Trinajstić information content (AvgIpc) is 3.22. The van der Waals surface area contributed by atoms with Crippen molar-refractivity contribution < 1.29 is 28.6 Å². The van der Waals surface area contributed by atoms with Crippen LogP contribution in [0.2, 0.25) is 0 Å². The zero-order valence-corrected chi connectivity index (χ0v) is 26.8. The first-order chi connectivity index (χ1) is 18.7. The van der Waals surface area contributed by atoms with Crippen LogP contribution in [0.15, 0.2) is 25.7 Å². The van der Waals surface area contributed by atoms with Crippen molar-refractivity contribution in [3.8, 4) is 0 Å². The van der Waals surface area contributed by atoms with Gasteiger partial charge in [-0.25, -0.2) is 0 Å². The Morgan fingerprint density at radius 2 is 1.65 bits per heavy atom. The fourth-order valence-electron chi connectivity index (χ4n) is 9.63. The standard InChI is InChI=1S/C30H48O5.C4H12N/c1-7-33-21-14-15-29(5)20(17-21)10-11-22-24-13-12-23(19(4)16-26(28(31)32)34-8-2)30(24,6)27(35-9-3)18-25(22)29;1-5(2,3)4/h7,9,19-27H,1,3,8,10-18H2,2,4-6H3,(H,31,32);1-4H3/q;+1/p-1/t19-,20-,21-,22+,23-,24+,25+,26?,27+,29+,30-;/m1./s1. The molecular weight excluding hydrogens is 502 g/mol. The van der Waals surface area contributed by atoms with E-state index in [1.54, 1.807) is 12.5 Å². The van der Waals surface area contributed by atoms with E-state index >= 15 is 0 Å². The Morgan fingerprint density at radius 3 is 2.23 bits per heavy atom. The highest BCUT2D eigenvalue weighted by molar-refractivity contribution is 5.69. The molecule has 0 heterocycles. The van der Waals surface area contributed by atoms with E-state index in [4.69, 9.17) is 14.2 Å². The van der Waals surface area contributed by atoms with Crippen LogP contribution < -0.4 is 5.11 Å². The fraction of sp³-hybridized carbons (Fsp3) is 0.853. The molecule has 0 radical (unpaired) electrons. The van der Waals surface area contributed by atoms with Gasteiger partial charge in [0, 0.05) is 12.0 Å². The number of carbonyl (C=O) groups excluding carboxylic acids is 1. The minimum atomic E-state index is -1.09. The molecule has 1 unspecified atom stereocenters. The number of ether oxygens (including phenoxy) is 3. The summed E-state index contributed by atoms with van der Waals surface area (Å²) in [6.07, 6.45) is 12.8. The van der Waals surface area contributed by atoms with Gasteiger partial charge in [-0.2, -0.15) is 0 Å². The Bertz CT molecular complexity index is 863. The number of fused-ring (bicyclic) bond motifs is 5. The summed E-state index contributed by atoms with van der Waals surface area (Å²) in [5, 5.41) is 11.7. The number of hydrogen-bond acceptors (Lipinski definition) is 5. The normalized spacial score (nSPS) is 40.1. The number of carboxylic acids is 1. The Labute approximate surface area is 245 Å². The summed E-state index contributed by atoms with van der Waals surface area (Å²) in [4.78, 5) is 11.7. The molecule has 0 N–H and O–H groups in total. The summed E-state index contributed by atoms with van der Waals surface area (Å²) < 4.78 is 18.7. The highest BCUT2D eigenvalue weighted by atomic mass is 16.5. The molecule has 0 saturated heterocycles. The summed E-state index contributed by atoms with van der Waals surface area (Å²) in [5.74, 6) is 2.21.